The summed E-state index contributed by atoms with van der Waals surface area (Å²) in [5.41, 5.74) is 1.24. The predicted molar refractivity (Wildman–Crippen MR) is 63.8 cm³/mol. The molecule has 0 aliphatic carbocycles. The Labute approximate surface area is 93.1 Å². The van der Waals surface area contributed by atoms with Gasteiger partial charge >= 0.3 is 0 Å². The van der Waals surface area contributed by atoms with Gasteiger partial charge in [0.15, 0.2) is 0 Å². The topological polar surface area (TPSA) is 21.1 Å². The lowest BCUT2D eigenvalue weighted by molar-refractivity contribution is 0.318. The number of likely N-dealkylation sites (tertiary alicyclic amines) is 1. The van der Waals surface area contributed by atoms with Gasteiger partial charge in [0.25, 0.3) is 0 Å². The van der Waals surface area contributed by atoms with Crippen molar-refractivity contribution in [1.29, 1.82) is 0 Å². The Hall–Kier alpha value is -0.830. The summed E-state index contributed by atoms with van der Waals surface area (Å²) in [6.07, 6.45) is 4.65. The Morgan fingerprint density at radius 1 is 1.27 bits per heavy atom. The summed E-state index contributed by atoms with van der Waals surface area (Å²) in [7, 11) is 2.09. The summed E-state index contributed by atoms with van der Waals surface area (Å²) in [4.78, 5) is 6.87. The maximum Gasteiger partial charge on any atom is 0.122 e. The summed E-state index contributed by atoms with van der Waals surface area (Å²) < 4.78 is 2.18. The Morgan fingerprint density at radius 2 is 1.87 bits per heavy atom. The third-order valence-corrected chi connectivity index (χ3v) is 2.88. The molecular formula is C12H23N3. The largest absolute Gasteiger partial charge is 0.334 e. The average molecular weight is 209 g/mol. The predicted octanol–water partition coefficient (Wildman–Crippen LogP) is 2.35. The maximum absolute atomic E-state index is 4.40. The van der Waals surface area contributed by atoms with Crippen molar-refractivity contribution in [2.24, 2.45) is 7.05 Å². The third kappa shape index (κ3) is 3.06. The number of aromatic nitrogens is 2. The van der Waals surface area contributed by atoms with Crippen LogP contribution in [0.3, 0.4) is 0 Å². The first-order chi connectivity index (χ1) is 7.27. The van der Waals surface area contributed by atoms with Gasteiger partial charge in [0.1, 0.15) is 5.82 Å². The molecule has 2 rings (SSSR count). The van der Waals surface area contributed by atoms with Crippen LogP contribution in [-0.4, -0.2) is 27.5 Å². The molecule has 0 aromatic carbocycles. The van der Waals surface area contributed by atoms with E-state index in [1.54, 1.807) is 0 Å². The second-order valence-electron chi connectivity index (χ2n) is 3.86. The molecule has 1 aromatic heterocycles. The summed E-state index contributed by atoms with van der Waals surface area (Å²) in [5.74, 6) is 1.19. The molecule has 0 amide bonds. The minimum Gasteiger partial charge on any atom is -0.334 e. The first-order valence-corrected chi connectivity index (χ1v) is 5.97. The maximum atomic E-state index is 4.40. The monoisotopic (exact) mass is 209 g/mol. The van der Waals surface area contributed by atoms with Crippen molar-refractivity contribution in [3.8, 4) is 0 Å². The van der Waals surface area contributed by atoms with Crippen LogP contribution in [-0.2, 0) is 13.6 Å². The molecule has 1 aromatic rings. The first kappa shape index (κ1) is 12.2. The van der Waals surface area contributed by atoms with Crippen LogP contribution < -0.4 is 0 Å². The van der Waals surface area contributed by atoms with Gasteiger partial charge in [-0.15, -0.1) is 0 Å². The van der Waals surface area contributed by atoms with Crippen molar-refractivity contribution in [2.75, 3.05) is 13.1 Å². The summed E-state index contributed by atoms with van der Waals surface area (Å²) >= 11 is 0. The highest BCUT2D eigenvalue weighted by molar-refractivity contribution is 5.02. The number of hydrogen-bond donors (Lipinski definition) is 0. The summed E-state index contributed by atoms with van der Waals surface area (Å²) in [6, 6.07) is 0. The van der Waals surface area contributed by atoms with E-state index in [1.807, 2.05) is 20.0 Å². The van der Waals surface area contributed by atoms with E-state index in [4.69, 9.17) is 0 Å². The van der Waals surface area contributed by atoms with E-state index in [0.717, 1.165) is 6.54 Å². The van der Waals surface area contributed by atoms with Crippen LogP contribution in [0.2, 0.25) is 0 Å². The lowest BCUT2D eigenvalue weighted by Gasteiger charge is -2.13. The molecule has 3 nitrogen and oxygen atoms in total. The van der Waals surface area contributed by atoms with Crippen LogP contribution in [0.5, 0.6) is 0 Å². The van der Waals surface area contributed by atoms with Crippen molar-refractivity contribution in [3.05, 3.63) is 17.7 Å². The molecule has 1 aliphatic heterocycles. The first-order valence-electron chi connectivity index (χ1n) is 5.97. The fraction of sp³-hybridized carbons (Fsp3) is 0.750. The molecule has 0 N–H and O–H groups in total. The molecule has 1 fully saturated rings. The number of nitrogens with zero attached hydrogens (tertiary/aromatic N) is 3. The lowest BCUT2D eigenvalue weighted by atomic mass is 10.4. The van der Waals surface area contributed by atoms with Crippen LogP contribution >= 0.6 is 0 Å². The summed E-state index contributed by atoms with van der Waals surface area (Å²) in [5, 5.41) is 0. The van der Waals surface area contributed by atoms with Gasteiger partial charge in [-0.3, -0.25) is 4.90 Å². The van der Waals surface area contributed by atoms with Gasteiger partial charge in [0, 0.05) is 18.9 Å². The van der Waals surface area contributed by atoms with Crippen LogP contribution in [0.4, 0.5) is 0 Å². The molecule has 0 spiro atoms. The number of hydrogen-bond acceptors (Lipinski definition) is 2. The van der Waals surface area contributed by atoms with Gasteiger partial charge in [-0.2, -0.15) is 0 Å². The molecule has 2 heterocycles. The molecule has 0 saturated carbocycles. The van der Waals surface area contributed by atoms with Gasteiger partial charge in [-0.1, -0.05) is 13.8 Å². The molecule has 0 radical (unpaired) electrons. The number of imidazole rings is 1. The zero-order valence-corrected chi connectivity index (χ0v) is 10.5. The number of rotatable bonds is 2. The quantitative estimate of drug-likeness (QED) is 0.745. The molecule has 0 unspecified atom stereocenters. The second kappa shape index (κ2) is 5.91. The highest BCUT2D eigenvalue weighted by atomic mass is 15.2. The minimum absolute atomic E-state index is 1.02. The van der Waals surface area contributed by atoms with E-state index in [9.17, 15) is 0 Å². The van der Waals surface area contributed by atoms with Crippen LogP contribution in [0, 0.1) is 6.92 Å². The van der Waals surface area contributed by atoms with E-state index in [0.29, 0.717) is 0 Å². The van der Waals surface area contributed by atoms with Gasteiger partial charge in [-0.25, -0.2) is 4.98 Å². The van der Waals surface area contributed by atoms with Gasteiger partial charge in [-0.05, 0) is 32.9 Å². The molecule has 15 heavy (non-hydrogen) atoms. The second-order valence-corrected chi connectivity index (χ2v) is 3.86. The Kier molecular flexibility index (Phi) is 4.82. The molecule has 3 heteroatoms. The average Bonchev–Trinajstić information content (AvgIpc) is 2.87. The van der Waals surface area contributed by atoms with Crippen LogP contribution in [0.15, 0.2) is 6.20 Å². The van der Waals surface area contributed by atoms with E-state index in [-0.39, 0.29) is 0 Å². The molecule has 0 bridgehead atoms. The Bertz CT molecular complexity index is 285. The zero-order chi connectivity index (χ0) is 11.3. The normalized spacial score (nSPS) is 16.3. The van der Waals surface area contributed by atoms with Crippen molar-refractivity contribution in [1.82, 2.24) is 14.5 Å². The fourth-order valence-electron chi connectivity index (χ4n) is 1.83. The molecule has 0 atom stereocenters. The molecule has 1 saturated heterocycles. The van der Waals surface area contributed by atoms with Crippen molar-refractivity contribution >= 4 is 0 Å². The molecular weight excluding hydrogens is 186 g/mol. The Morgan fingerprint density at radius 3 is 2.33 bits per heavy atom. The zero-order valence-electron chi connectivity index (χ0n) is 10.5. The van der Waals surface area contributed by atoms with Crippen molar-refractivity contribution in [3.63, 3.8) is 0 Å². The lowest BCUT2D eigenvalue weighted by Crippen LogP contribution is -2.20. The Balaban J connectivity index is 0.000000531. The van der Waals surface area contributed by atoms with Gasteiger partial charge in [0.2, 0.25) is 0 Å². The van der Waals surface area contributed by atoms with Gasteiger partial charge < -0.3 is 4.57 Å². The van der Waals surface area contributed by atoms with E-state index < -0.39 is 0 Å². The number of aryl methyl sites for hydroxylation is 1. The van der Waals surface area contributed by atoms with Gasteiger partial charge in [0.05, 0.1) is 6.54 Å². The highest BCUT2D eigenvalue weighted by Gasteiger charge is 2.14. The van der Waals surface area contributed by atoms with Crippen LogP contribution in [0.25, 0.3) is 0 Å². The van der Waals surface area contributed by atoms with E-state index in [1.165, 1.54) is 37.4 Å². The fourth-order valence-corrected chi connectivity index (χ4v) is 1.83. The smallest absolute Gasteiger partial charge is 0.122 e. The van der Waals surface area contributed by atoms with Crippen molar-refractivity contribution < 1.29 is 0 Å². The van der Waals surface area contributed by atoms with Crippen molar-refractivity contribution in [2.45, 2.75) is 40.2 Å². The molecule has 86 valence electrons. The standard InChI is InChI=1S/C10H17N3.C2H6/c1-9-7-11-10(12(9)2)8-13-5-3-4-6-13;1-2/h7H,3-6,8H2,1-2H3;1-2H3. The summed E-state index contributed by atoms with van der Waals surface area (Å²) in [6.45, 7) is 9.60. The SMILES string of the molecule is CC.Cc1cnc(CN2CCCC2)n1C. The minimum atomic E-state index is 1.02. The van der Waals surface area contributed by atoms with Crippen LogP contribution in [0.1, 0.15) is 38.2 Å². The highest BCUT2D eigenvalue weighted by Crippen LogP contribution is 2.11. The van der Waals surface area contributed by atoms with E-state index >= 15 is 0 Å². The third-order valence-electron chi connectivity index (χ3n) is 2.88. The molecule has 1 aliphatic rings. The van der Waals surface area contributed by atoms with E-state index in [2.05, 4.69) is 28.4 Å².